The summed E-state index contributed by atoms with van der Waals surface area (Å²) in [5, 5.41) is 8.87. The number of phosphoric acid groups is 1. The van der Waals surface area contributed by atoms with Crippen LogP contribution in [0.3, 0.4) is 0 Å². The largest absolute Gasteiger partial charge is 0.480 e. The maximum absolute atomic E-state index is 12.6. The first-order valence-electron chi connectivity index (χ1n) is 21.1. The summed E-state index contributed by atoms with van der Waals surface area (Å²) in [4.78, 5) is 45.7. The second-order valence-electron chi connectivity index (χ2n) is 14.2. The highest BCUT2D eigenvalue weighted by molar-refractivity contribution is 7.47. The number of hydrogen-bond acceptors (Lipinski definition) is 9. The van der Waals surface area contributed by atoms with E-state index < -0.39 is 57.7 Å². The van der Waals surface area contributed by atoms with Gasteiger partial charge < -0.3 is 25.2 Å². The lowest BCUT2D eigenvalue weighted by Gasteiger charge is -2.20. The third-order valence-corrected chi connectivity index (χ3v) is 9.91. The number of esters is 2. The van der Waals surface area contributed by atoms with Crippen LogP contribution in [-0.2, 0) is 37.5 Å². The van der Waals surface area contributed by atoms with E-state index in [-0.39, 0.29) is 6.42 Å². The lowest BCUT2D eigenvalue weighted by Crippen LogP contribution is -2.34. The first-order valence-corrected chi connectivity index (χ1v) is 22.6. The fourth-order valence-electron chi connectivity index (χ4n) is 5.62. The quantitative estimate of drug-likeness (QED) is 0.0135. The molecule has 3 atom stereocenters. The van der Waals surface area contributed by atoms with Crippen LogP contribution in [0.5, 0.6) is 0 Å². The molecule has 0 rings (SSSR count). The smallest absolute Gasteiger partial charge is 0.472 e. The predicted octanol–water partition coefficient (Wildman–Crippen LogP) is 10.8. The molecule has 0 radical (unpaired) electrons. The minimum Gasteiger partial charge on any atom is -0.480 e. The molecule has 0 bridgehead atoms. The molecule has 12 heteroatoms. The van der Waals surface area contributed by atoms with Crippen molar-refractivity contribution in [3.63, 3.8) is 0 Å². The van der Waals surface area contributed by atoms with Crippen molar-refractivity contribution in [3.05, 3.63) is 36.5 Å². The molecule has 0 aliphatic heterocycles. The maximum atomic E-state index is 12.6. The van der Waals surface area contributed by atoms with E-state index in [0.29, 0.717) is 6.42 Å². The summed E-state index contributed by atoms with van der Waals surface area (Å²) in [7, 11) is -4.74. The number of allylic oxidation sites excluding steroid dienone is 5. The van der Waals surface area contributed by atoms with Crippen molar-refractivity contribution >= 4 is 25.7 Å². The molecule has 0 aliphatic rings. The first-order chi connectivity index (χ1) is 26.1. The Kier molecular flexibility index (Phi) is 36.0. The fourth-order valence-corrected chi connectivity index (χ4v) is 6.40. The molecule has 0 aromatic carbocycles. The minimum absolute atomic E-state index is 0.112. The van der Waals surface area contributed by atoms with Gasteiger partial charge >= 0.3 is 25.7 Å². The average Bonchev–Trinajstić information content (AvgIpc) is 3.14. The number of unbranched alkanes of at least 4 members (excludes halogenated alkanes) is 22. The van der Waals surface area contributed by atoms with Gasteiger partial charge in [0.2, 0.25) is 0 Å². The Labute approximate surface area is 327 Å². The summed E-state index contributed by atoms with van der Waals surface area (Å²) < 4.78 is 32.4. The molecule has 0 amide bonds. The Morgan fingerprint density at radius 3 is 1.56 bits per heavy atom. The predicted molar refractivity (Wildman–Crippen MR) is 217 cm³/mol. The Balaban J connectivity index is 4.51. The van der Waals surface area contributed by atoms with E-state index in [2.05, 4.69) is 30.5 Å². The Morgan fingerprint density at radius 1 is 0.611 bits per heavy atom. The SMILES string of the molecule is CCCCCCCCCCC/C=C/CCCCC(=O)O[C@H](COC(=O)/C=C/C=C/CCCCCCCCCCCCC)COP(=O)(O)OC[C@H](N)C(=O)O. The standard InChI is InChI=1S/C42H76NO10P/c1-3-5-7-9-11-13-15-17-19-21-23-25-27-29-31-33-40(44)50-35-38(36-51-54(48,49)52-37-39(43)42(46)47)53-41(45)34-32-30-28-26-24-22-20-18-16-14-12-10-8-6-4-2/h24,26-27,29,31,33,38-39H,3-23,25,28,30,32,34-37,43H2,1-2H3,(H,46,47)(H,48,49)/b26-24+,29-27+,33-31+/t38-,39+/m1/s1. The van der Waals surface area contributed by atoms with Gasteiger partial charge in [0.15, 0.2) is 6.10 Å². The number of ether oxygens (including phenoxy) is 2. The summed E-state index contributed by atoms with van der Waals surface area (Å²) in [6.45, 7) is 2.66. The molecule has 0 saturated carbocycles. The van der Waals surface area contributed by atoms with Gasteiger partial charge in [0, 0.05) is 12.5 Å². The van der Waals surface area contributed by atoms with Crippen LogP contribution in [0.2, 0.25) is 0 Å². The number of phosphoric ester groups is 1. The molecule has 0 heterocycles. The van der Waals surface area contributed by atoms with Gasteiger partial charge in [-0.15, -0.1) is 0 Å². The number of carboxylic acids is 1. The highest BCUT2D eigenvalue weighted by atomic mass is 31.2. The molecule has 0 saturated heterocycles. The third kappa shape index (κ3) is 36.7. The Morgan fingerprint density at radius 2 is 1.06 bits per heavy atom. The van der Waals surface area contributed by atoms with Crippen molar-refractivity contribution in [2.24, 2.45) is 5.73 Å². The van der Waals surface area contributed by atoms with E-state index in [4.69, 9.17) is 24.8 Å². The van der Waals surface area contributed by atoms with Crippen LogP contribution in [-0.4, -0.2) is 59.9 Å². The van der Waals surface area contributed by atoms with Gasteiger partial charge in [-0.2, -0.15) is 0 Å². The van der Waals surface area contributed by atoms with Crippen molar-refractivity contribution in [1.82, 2.24) is 0 Å². The molecule has 314 valence electrons. The molecule has 0 aliphatic carbocycles. The number of nitrogens with two attached hydrogens (primary N) is 1. The van der Waals surface area contributed by atoms with Gasteiger partial charge in [-0.3, -0.25) is 18.6 Å². The zero-order chi connectivity index (χ0) is 40.0. The van der Waals surface area contributed by atoms with Crippen molar-refractivity contribution in [2.75, 3.05) is 19.8 Å². The van der Waals surface area contributed by atoms with Crippen LogP contribution in [0, 0.1) is 0 Å². The van der Waals surface area contributed by atoms with Gasteiger partial charge in [0.1, 0.15) is 12.6 Å². The summed E-state index contributed by atoms with van der Waals surface area (Å²) in [5.74, 6) is -2.67. The molecule has 1 unspecified atom stereocenters. The second-order valence-corrected chi connectivity index (χ2v) is 15.6. The number of hydrogen-bond donors (Lipinski definition) is 3. The molecular weight excluding hydrogens is 709 g/mol. The molecule has 4 N–H and O–H groups in total. The molecule has 0 spiro atoms. The lowest BCUT2D eigenvalue weighted by molar-refractivity contribution is -0.159. The van der Waals surface area contributed by atoms with Crippen molar-refractivity contribution in [1.29, 1.82) is 0 Å². The molecule has 11 nitrogen and oxygen atoms in total. The molecule has 54 heavy (non-hydrogen) atoms. The monoisotopic (exact) mass is 786 g/mol. The first kappa shape index (κ1) is 51.7. The number of carboxylic acid groups (broad SMARTS) is 1. The fraction of sp³-hybridized carbons (Fsp3) is 0.786. The molecular formula is C42H76NO10P. The van der Waals surface area contributed by atoms with Crippen molar-refractivity contribution in [3.8, 4) is 0 Å². The van der Waals surface area contributed by atoms with Crippen molar-refractivity contribution in [2.45, 2.75) is 193 Å². The normalized spacial score (nSPS) is 14.1. The summed E-state index contributed by atoms with van der Waals surface area (Å²) in [5.41, 5.74) is 5.32. The Bertz CT molecular complexity index is 1060. The minimum atomic E-state index is -4.74. The summed E-state index contributed by atoms with van der Waals surface area (Å²) in [6.07, 6.45) is 39.9. The zero-order valence-electron chi connectivity index (χ0n) is 33.8. The highest BCUT2D eigenvalue weighted by Gasteiger charge is 2.28. The number of aliphatic carboxylic acids is 1. The van der Waals surface area contributed by atoms with E-state index in [0.717, 1.165) is 32.1 Å². The molecule has 0 aromatic rings. The highest BCUT2D eigenvalue weighted by Crippen LogP contribution is 2.43. The van der Waals surface area contributed by atoms with E-state index in [1.807, 2.05) is 6.08 Å². The number of carbonyl (C=O) groups is 3. The van der Waals surface area contributed by atoms with Gasteiger partial charge in [0.25, 0.3) is 0 Å². The molecule has 0 fully saturated rings. The molecule has 0 aromatic heterocycles. The van der Waals surface area contributed by atoms with Crippen LogP contribution in [0.25, 0.3) is 0 Å². The Hall–Kier alpha value is -2.30. The van der Waals surface area contributed by atoms with E-state index in [9.17, 15) is 23.8 Å². The van der Waals surface area contributed by atoms with Gasteiger partial charge in [0.05, 0.1) is 13.2 Å². The summed E-state index contributed by atoms with van der Waals surface area (Å²) >= 11 is 0. The van der Waals surface area contributed by atoms with Crippen LogP contribution in [0.1, 0.15) is 181 Å². The number of rotatable bonds is 39. The third-order valence-electron chi connectivity index (χ3n) is 8.96. The summed E-state index contributed by atoms with van der Waals surface area (Å²) in [6, 6.07) is -1.53. The average molecular weight is 786 g/mol. The maximum Gasteiger partial charge on any atom is 0.472 e. The van der Waals surface area contributed by atoms with E-state index >= 15 is 0 Å². The number of carbonyl (C=O) groups excluding carboxylic acids is 2. The van der Waals surface area contributed by atoms with Gasteiger partial charge in [-0.1, -0.05) is 160 Å². The second kappa shape index (κ2) is 37.6. The van der Waals surface area contributed by atoms with Crippen LogP contribution >= 0.6 is 7.82 Å². The van der Waals surface area contributed by atoms with E-state index in [1.54, 1.807) is 12.2 Å². The van der Waals surface area contributed by atoms with Gasteiger partial charge in [-0.25, -0.2) is 9.36 Å². The lowest BCUT2D eigenvalue weighted by atomic mass is 10.1. The van der Waals surface area contributed by atoms with Gasteiger partial charge in [-0.05, 0) is 44.9 Å². The topological polar surface area (TPSA) is 172 Å². The van der Waals surface area contributed by atoms with Crippen LogP contribution < -0.4 is 5.73 Å². The van der Waals surface area contributed by atoms with Crippen LogP contribution in [0.4, 0.5) is 0 Å². The van der Waals surface area contributed by atoms with E-state index in [1.165, 1.54) is 128 Å². The van der Waals surface area contributed by atoms with Crippen LogP contribution in [0.15, 0.2) is 36.5 Å². The zero-order valence-corrected chi connectivity index (χ0v) is 34.7. The van der Waals surface area contributed by atoms with Crippen molar-refractivity contribution < 1.29 is 47.5 Å².